The van der Waals surface area contributed by atoms with E-state index in [1.807, 2.05) is 12.1 Å². The lowest BCUT2D eigenvalue weighted by Gasteiger charge is -2.14. The number of anilines is 1. The number of nitrogens with zero attached hydrogens (tertiary/aromatic N) is 1. The molecule has 0 unspecified atom stereocenters. The minimum Gasteiger partial charge on any atom is -0.493 e. The molecule has 1 fully saturated rings. The van der Waals surface area contributed by atoms with Crippen LogP contribution < -0.4 is 14.8 Å². The molecule has 39 heavy (non-hydrogen) atoms. The highest BCUT2D eigenvalue weighted by Gasteiger charge is 2.36. The standard InChI is InChI=1S/C29H26FIN2O5S/c1-17(2)19-8-10-21(11-9-19)32-26(34)15-33-28(35)25(39-29(33)36)14-18-12-23(31)27(24(13-18)37-3)38-16-20-6-4-5-7-22(20)30/h4-14,17H,15-16H2,1-3H3,(H,32,34)/b25-14+. The summed E-state index contributed by atoms with van der Waals surface area (Å²) in [5.41, 5.74) is 2.74. The Morgan fingerprint density at radius 2 is 1.85 bits per heavy atom. The van der Waals surface area contributed by atoms with Crippen molar-refractivity contribution in [3.05, 3.63) is 91.6 Å². The summed E-state index contributed by atoms with van der Waals surface area (Å²) in [4.78, 5) is 39.2. The minimum atomic E-state index is -0.552. The van der Waals surface area contributed by atoms with E-state index in [-0.39, 0.29) is 17.3 Å². The van der Waals surface area contributed by atoms with Gasteiger partial charge in [-0.1, -0.05) is 44.2 Å². The number of rotatable bonds is 9. The zero-order valence-electron chi connectivity index (χ0n) is 21.5. The molecule has 4 rings (SSSR count). The first-order valence-electron chi connectivity index (χ1n) is 12.0. The molecule has 1 heterocycles. The third-order valence-electron chi connectivity index (χ3n) is 5.92. The molecule has 0 bridgehead atoms. The molecule has 1 aliphatic heterocycles. The normalized spacial score (nSPS) is 14.3. The van der Waals surface area contributed by atoms with Gasteiger partial charge in [0.1, 0.15) is 19.0 Å². The van der Waals surface area contributed by atoms with Gasteiger partial charge in [-0.15, -0.1) is 0 Å². The maximum absolute atomic E-state index is 14.0. The molecule has 3 aromatic carbocycles. The zero-order chi connectivity index (χ0) is 28.1. The highest BCUT2D eigenvalue weighted by atomic mass is 127. The van der Waals surface area contributed by atoms with Crippen LogP contribution in [-0.4, -0.2) is 35.6 Å². The summed E-state index contributed by atoms with van der Waals surface area (Å²) in [6.07, 6.45) is 1.57. The van der Waals surface area contributed by atoms with Crippen LogP contribution in [0.2, 0.25) is 0 Å². The number of thioether (sulfide) groups is 1. The number of methoxy groups -OCH3 is 1. The van der Waals surface area contributed by atoms with Crippen LogP contribution in [0.1, 0.15) is 36.5 Å². The van der Waals surface area contributed by atoms with Crippen molar-refractivity contribution in [3.8, 4) is 11.5 Å². The fourth-order valence-electron chi connectivity index (χ4n) is 3.81. The van der Waals surface area contributed by atoms with E-state index in [2.05, 4.69) is 41.8 Å². The van der Waals surface area contributed by atoms with Crippen LogP contribution >= 0.6 is 34.4 Å². The Labute approximate surface area is 243 Å². The van der Waals surface area contributed by atoms with Crippen molar-refractivity contribution in [2.24, 2.45) is 0 Å². The first-order chi connectivity index (χ1) is 18.7. The fourth-order valence-corrected chi connectivity index (χ4v) is 5.43. The first kappa shape index (κ1) is 28.6. The van der Waals surface area contributed by atoms with Crippen molar-refractivity contribution in [2.75, 3.05) is 19.0 Å². The fraction of sp³-hybridized carbons (Fsp3) is 0.207. The summed E-state index contributed by atoms with van der Waals surface area (Å²) in [7, 11) is 1.48. The summed E-state index contributed by atoms with van der Waals surface area (Å²) in [6, 6.07) is 17.2. The Kier molecular flexibility index (Phi) is 9.28. The molecule has 0 atom stereocenters. The molecule has 0 saturated carbocycles. The Balaban J connectivity index is 1.45. The van der Waals surface area contributed by atoms with Crippen LogP contribution in [0.25, 0.3) is 6.08 Å². The van der Waals surface area contributed by atoms with E-state index in [0.29, 0.717) is 37.8 Å². The zero-order valence-corrected chi connectivity index (χ0v) is 24.5. The van der Waals surface area contributed by atoms with E-state index in [1.54, 1.807) is 48.5 Å². The summed E-state index contributed by atoms with van der Waals surface area (Å²) < 4.78 is 26.0. The average Bonchev–Trinajstić information content (AvgIpc) is 3.16. The van der Waals surface area contributed by atoms with Crippen LogP contribution in [0.4, 0.5) is 14.9 Å². The van der Waals surface area contributed by atoms with Gasteiger partial charge in [0.25, 0.3) is 11.1 Å². The number of imide groups is 1. The Morgan fingerprint density at radius 1 is 1.13 bits per heavy atom. The van der Waals surface area contributed by atoms with Gasteiger partial charge in [-0.3, -0.25) is 19.3 Å². The van der Waals surface area contributed by atoms with Crippen LogP contribution in [0.15, 0.2) is 65.6 Å². The molecule has 202 valence electrons. The first-order valence-corrected chi connectivity index (χ1v) is 13.9. The second-order valence-corrected chi connectivity index (χ2v) is 11.2. The highest BCUT2D eigenvalue weighted by Crippen LogP contribution is 2.37. The molecule has 7 nitrogen and oxygen atoms in total. The molecular formula is C29H26FIN2O5S. The van der Waals surface area contributed by atoms with Crippen LogP contribution in [0.3, 0.4) is 0 Å². The minimum absolute atomic E-state index is 0.0151. The van der Waals surface area contributed by atoms with Crippen molar-refractivity contribution in [1.82, 2.24) is 4.90 Å². The number of amides is 3. The SMILES string of the molecule is COc1cc(/C=C2/SC(=O)N(CC(=O)Nc3ccc(C(C)C)cc3)C2=O)cc(I)c1OCc1ccccc1F. The van der Waals surface area contributed by atoms with Crippen molar-refractivity contribution in [3.63, 3.8) is 0 Å². The van der Waals surface area contributed by atoms with E-state index in [9.17, 15) is 18.8 Å². The van der Waals surface area contributed by atoms with Gasteiger partial charge in [0.2, 0.25) is 5.91 Å². The van der Waals surface area contributed by atoms with Gasteiger partial charge in [-0.05, 0) is 87.8 Å². The van der Waals surface area contributed by atoms with E-state index in [4.69, 9.17) is 9.47 Å². The molecule has 1 saturated heterocycles. The van der Waals surface area contributed by atoms with Crippen molar-refractivity contribution < 1.29 is 28.2 Å². The third-order valence-corrected chi connectivity index (χ3v) is 7.62. The largest absolute Gasteiger partial charge is 0.493 e. The summed E-state index contributed by atoms with van der Waals surface area (Å²) in [5.74, 6) is -0.192. The predicted octanol–water partition coefficient (Wildman–Crippen LogP) is 6.82. The van der Waals surface area contributed by atoms with Gasteiger partial charge >= 0.3 is 0 Å². The van der Waals surface area contributed by atoms with Gasteiger partial charge < -0.3 is 14.8 Å². The lowest BCUT2D eigenvalue weighted by molar-refractivity contribution is -0.127. The van der Waals surface area contributed by atoms with E-state index in [0.717, 1.165) is 22.2 Å². The van der Waals surface area contributed by atoms with Gasteiger partial charge in [-0.2, -0.15) is 0 Å². The molecule has 0 radical (unpaired) electrons. The van der Waals surface area contributed by atoms with Gasteiger partial charge in [0, 0.05) is 11.3 Å². The lowest BCUT2D eigenvalue weighted by Crippen LogP contribution is -2.36. The molecule has 3 aromatic rings. The predicted molar refractivity (Wildman–Crippen MR) is 158 cm³/mol. The van der Waals surface area contributed by atoms with Gasteiger partial charge in [0.15, 0.2) is 11.5 Å². The highest BCUT2D eigenvalue weighted by molar-refractivity contribution is 14.1. The number of halogens is 2. The number of hydrogen-bond acceptors (Lipinski definition) is 6. The summed E-state index contributed by atoms with van der Waals surface area (Å²) >= 11 is 2.83. The van der Waals surface area contributed by atoms with Gasteiger partial charge in [-0.25, -0.2) is 4.39 Å². The van der Waals surface area contributed by atoms with Crippen LogP contribution in [0, 0.1) is 9.39 Å². The lowest BCUT2D eigenvalue weighted by atomic mass is 10.0. The molecule has 0 aromatic heterocycles. The maximum Gasteiger partial charge on any atom is 0.294 e. The molecule has 1 aliphatic rings. The number of carbonyl (C=O) groups excluding carboxylic acids is 3. The Hall–Kier alpha value is -3.38. The monoisotopic (exact) mass is 660 g/mol. The van der Waals surface area contributed by atoms with Crippen molar-refractivity contribution in [1.29, 1.82) is 0 Å². The molecule has 10 heteroatoms. The van der Waals surface area contributed by atoms with Crippen molar-refractivity contribution in [2.45, 2.75) is 26.4 Å². The molecule has 0 spiro atoms. The van der Waals surface area contributed by atoms with E-state index < -0.39 is 23.6 Å². The topological polar surface area (TPSA) is 84.9 Å². The quantitative estimate of drug-likeness (QED) is 0.201. The third kappa shape index (κ3) is 6.99. The average molecular weight is 661 g/mol. The smallest absolute Gasteiger partial charge is 0.294 e. The van der Waals surface area contributed by atoms with Crippen molar-refractivity contribution >= 4 is 63.2 Å². The van der Waals surface area contributed by atoms with E-state index in [1.165, 1.54) is 13.2 Å². The van der Waals surface area contributed by atoms with Crippen LogP contribution in [0.5, 0.6) is 11.5 Å². The number of nitrogens with one attached hydrogen (secondary N) is 1. The molecule has 1 N–H and O–H groups in total. The number of benzene rings is 3. The summed E-state index contributed by atoms with van der Waals surface area (Å²) in [6.45, 7) is 3.78. The Bertz CT molecular complexity index is 1440. The second-order valence-electron chi connectivity index (χ2n) is 9.01. The number of carbonyl (C=O) groups is 3. The van der Waals surface area contributed by atoms with Crippen LogP contribution in [-0.2, 0) is 16.2 Å². The molecule has 3 amide bonds. The van der Waals surface area contributed by atoms with Gasteiger partial charge in [0.05, 0.1) is 15.6 Å². The second kappa shape index (κ2) is 12.6. The molecular weight excluding hydrogens is 634 g/mol. The van der Waals surface area contributed by atoms with E-state index >= 15 is 0 Å². The molecule has 0 aliphatic carbocycles. The maximum atomic E-state index is 14.0. The summed E-state index contributed by atoms with van der Waals surface area (Å²) in [5, 5.41) is 2.20. The Morgan fingerprint density at radius 3 is 2.51 bits per heavy atom. The number of ether oxygens (including phenoxy) is 2. The number of hydrogen-bond donors (Lipinski definition) is 1.